The quantitative estimate of drug-likeness (QED) is 0.166. The largest absolute Gasteiger partial charge is 0.322 e. The summed E-state index contributed by atoms with van der Waals surface area (Å²) in [5.74, 6) is 5.59. The van der Waals surface area contributed by atoms with E-state index < -0.39 is 0 Å². The van der Waals surface area contributed by atoms with Crippen molar-refractivity contribution in [3.63, 3.8) is 0 Å². The SMILES string of the molecule is CC(C)CC(N)C(=O)CCSCCCCCCCCCCSCCC(=O)C(N)CC(C)C. The van der Waals surface area contributed by atoms with Gasteiger partial charge in [0.1, 0.15) is 11.6 Å². The molecule has 0 heterocycles. The molecule has 0 aliphatic carbocycles. The van der Waals surface area contributed by atoms with Crippen LogP contribution in [0.15, 0.2) is 0 Å². The Hall–Kier alpha value is -0.0400. The van der Waals surface area contributed by atoms with Crippen LogP contribution in [0.2, 0.25) is 0 Å². The van der Waals surface area contributed by atoms with Gasteiger partial charge in [0, 0.05) is 24.3 Å². The molecule has 6 heteroatoms. The Balaban J connectivity index is 3.32. The van der Waals surface area contributed by atoms with Gasteiger partial charge in [-0.1, -0.05) is 66.2 Å². The topological polar surface area (TPSA) is 86.2 Å². The van der Waals surface area contributed by atoms with Gasteiger partial charge >= 0.3 is 0 Å². The maximum Gasteiger partial charge on any atom is 0.150 e. The van der Waals surface area contributed by atoms with Gasteiger partial charge in [-0.3, -0.25) is 9.59 Å². The van der Waals surface area contributed by atoms with Gasteiger partial charge in [-0.25, -0.2) is 0 Å². The minimum atomic E-state index is -0.267. The smallest absolute Gasteiger partial charge is 0.150 e. The molecular formula is C26H52N2O2S2. The van der Waals surface area contributed by atoms with Gasteiger partial charge in [-0.15, -0.1) is 0 Å². The highest BCUT2D eigenvalue weighted by atomic mass is 32.2. The Morgan fingerprint density at radius 1 is 0.562 bits per heavy atom. The van der Waals surface area contributed by atoms with Crippen LogP contribution in [0.5, 0.6) is 0 Å². The third kappa shape index (κ3) is 20.6. The fourth-order valence-corrected chi connectivity index (χ4v) is 5.58. The van der Waals surface area contributed by atoms with Gasteiger partial charge in [-0.05, 0) is 49.0 Å². The molecule has 0 bridgehead atoms. The van der Waals surface area contributed by atoms with Crippen LogP contribution in [0, 0.1) is 11.8 Å². The molecule has 2 atom stereocenters. The van der Waals surface area contributed by atoms with E-state index in [1.165, 1.54) is 51.4 Å². The number of carbonyl (C=O) groups is 2. The molecule has 0 saturated carbocycles. The molecule has 0 fully saturated rings. The molecular weight excluding hydrogens is 436 g/mol. The second-order valence-corrected chi connectivity index (χ2v) is 12.4. The van der Waals surface area contributed by atoms with E-state index in [-0.39, 0.29) is 23.7 Å². The first-order valence-corrected chi connectivity index (χ1v) is 15.3. The van der Waals surface area contributed by atoms with Gasteiger partial charge in [0.15, 0.2) is 0 Å². The molecule has 32 heavy (non-hydrogen) atoms. The zero-order valence-electron chi connectivity index (χ0n) is 21.4. The maximum absolute atomic E-state index is 11.9. The lowest BCUT2D eigenvalue weighted by atomic mass is 10.00. The summed E-state index contributed by atoms with van der Waals surface area (Å²) in [5.41, 5.74) is 11.9. The Labute approximate surface area is 207 Å². The van der Waals surface area contributed by atoms with Gasteiger partial charge in [0.25, 0.3) is 0 Å². The van der Waals surface area contributed by atoms with Crippen molar-refractivity contribution in [3.8, 4) is 0 Å². The Bertz CT molecular complexity index is 431. The van der Waals surface area contributed by atoms with Gasteiger partial charge in [-0.2, -0.15) is 23.5 Å². The van der Waals surface area contributed by atoms with Crippen LogP contribution in [0.4, 0.5) is 0 Å². The summed E-state index contributed by atoms with van der Waals surface area (Å²) >= 11 is 3.80. The predicted molar refractivity (Wildman–Crippen MR) is 146 cm³/mol. The number of carbonyl (C=O) groups excluding carboxylic acids is 2. The standard InChI is InChI=1S/C26H52N2O2S2/c1-21(2)19-23(27)25(29)13-17-31-15-11-9-7-5-6-8-10-12-16-32-18-14-26(30)24(28)20-22(3)4/h21-24H,5-20,27-28H2,1-4H3. The van der Waals surface area contributed by atoms with Crippen molar-refractivity contribution in [2.45, 2.75) is 117 Å². The number of rotatable bonds is 23. The van der Waals surface area contributed by atoms with Gasteiger partial charge < -0.3 is 11.5 Å². The average Bonchev–Trinajstić information content (AvgIpc) is 2.71. The minimum Gasteiger partial charge on any atom is -0.322 e. The minimum absolute atomic E-state index is 0.226. The fourth-order valence-electron chi connectivity index (χ4n) is 3.67. The zero-order chi connectivity index (χ0) is 24.2. The van der Waals surface area contributed by atoms with E-state index in [4.69, 9.17) is 11.5 Å². The molecule has 0 aromatic rings. The predicted octanol–water partition coefficient (Wildman–Crippen LogP) is 6.24. The summed E-state index contributed by atoms with van der Waals surface area (Å²) in [5, 5.41) is 0. The van der Waals surface area contributed by atoms with Crippen molar-refractivity contribution < 1.29 is 9.59 Å². The number of nitrogens with two attached hydrogens (primary N) is 2. The first-order valence-electron chi connectivity index (χ1n) is 13.0. The number of Topliss-reactive ketones (excluding diaryl/α,β-unsaturated/α-hetero) is 2. The lowest BCUT2D eigenvalue weighted by Crippen LogP contribution is -2.32. The van der Waals surface area contributed by atoms with E-state index in [0.29, 0.717) is 24.7 Å². The summed E-state index contributed by atoms with van der Waals surface area (Å²) in [4.78, 5) is 23.9. The molecule has 4 N–H and O–H groups in total. The van der Waals surface area contributed by atoms with E-state index in [0.717, 1.165) is 35.9 Å². The van der Waals surface area contributed by atoms with Crippen LogP contribution < -0.4 is 11.5 Å². The lowest BCUT2D eigenvalue weighted by molar-refractivity contribution is -0.121. The van der Waals surface area contributed by atoms with Crippen molar-refractivity contribution in [1.29, 1.82) is 0 Å². The third-order valence-corrected chi connectivity index (χ3v) is 7.73. The fraction of sp³-hybridized carbons (Fsp3) is 0.923. The molecule has 0 radical (unpaired) electrons. The summed E-state index contributed by atoms with van der Waals surface area (Å²) in [6.45, 7) is 8.44. The molecule has 0 saturated heterocycles. The second-order valence-electron chi connectivity index (χ2n) is 9.96. The van der Waals surface area contributed by atoms with Crippen LogP contribution in [-0.2, 0) is 9.59 Å². The highest BCUT2D eigenvalue weighted by Gasteiger charge is 2.15. The normalized spacial score (nSPS) is 13.6. The number of thioether (sulfide) groups is 2. The first kappa shape index (κ1) is 32.0. The van der Waals surface area contributed by atoms with Crippen LogP contribution in [0.3, 0.4) is 0 Å². The zero-order valence-corrected chi connectivity index (χ0v) is 23.0. The molecule has 0 aromatic heterocycles. The number of hydrogen-bond acceptors (Lipinski definition) is 6. The molecule has 190 valence electrons. The molecule has 2 unspecified atom stereocenters. The van der Waals surface area contributed by atoms with Crippen molar-refractivity contribution in [3.05, 3.63) is 0 Å². The van der Waals surface area contributed by atoms with Crippen molar-refractivity contribution in [1.82, 2.24) is 0 Å². The Morgan fingerprint density at radius 3 is 1.19 bits per heavy atom. The average molecular weight is 489 g/mol. The summed E-state index contributed by atoms with van der Waals surface area (Å²) in [6, 6.07) is -0.534. The summed E-state index contributed by atoms with van der Waals surface area (Å²) in [6.07, 6.45) is 13.3. The molecule has 0 spiro atoms. The van der Waals surface area contributed by atoms with E-state index in [2.05, 4.69) is 27.7 Å². The third-order valence-electron chi connectivity index (χ3n) is 5.59. The highest BCUT2D eigenvalue weighted by molar-refractivity contribution is 7.99. The van der Waals surface area contributed by atoms with Crippen LogP contribution in [-0.4, -0.2) is 46.7 Å². The van der Waals surface area contributed by atoms with Gasteiger partial charge in [0.05, 0.1) is 12.1 Å². The molecule has 0 amide bonds. The van der Waals surface area contributed by atoms with E-state index >= 15 is 0 Å². The lowest BCUT2D eigenvalue weighted by Gasteiger charge is -2.12. The molecule has 0 aliphatic rings. The van der Waals surface area contributed by atoms with E-state index in [9.17, 15) is 9.59 Å². The van der Waals surface area contributed by atoms with Gasteiger partial charge in [0.2, 0.25) is 0 Å². The van der Waals surface area contributed by atoms with E-state index in [1.807, 2.05) is 23.5 Å². The highest BCUT2D eigenvalue weighted by Crippen LogP contribution is 2.15. The second kappa shape index (κ2) is 21.5. The monoisotopic (exact) mass is 488 g/mol. The molecule has 0 aliphatic heterocycles. The van der Waals surface area contributed by atoms with Crippen molar-refractivity contribution in [2.75, 3.05) is 23.0 Å². The van der Waals surface area contributed by atoms with Crippen molar-refractivity contribution >= 4 is 35.1 Å². The first-order chi connectivity index (χ1) is 15.2. The maximum atomic E-state index is 11.9. The van der Waals surface area contributed by atoms with Crippen LogP contribution >= 0.6 is 23.5 Å². The number of ketones is 2. The van der Waals surface area contributed by atoms with Crippen LogP contribution in [0.1, 0.15) is 105 Å². The van der Waals surface area contributed by atoms with E-state index in [1.54, 1.807) is 0 Å². The van der Waals surface area contributed by atoms with Crippen molar-refractivity contribution in [2.24, 2.45) is 23.3 Å². The molecule has 0 rings (SSSR count). The Kier molecular flexibility index (Phi) is 21.5. The number of hydrogen-bond donors (Lipinski definition) is 2. The molecule has 0 aromatic carbocycles. The summed E-state index contributed by atoms with van der Waals surface area (Å²) < 4.78 is 0. The Morgan fingerprint density at radius 2 is 0.875 bits per heavy atom. The summed E-state index contributed by atoms with van der Waals surface area (Å²) in [7, 11) is 0. The number of unbranched alkanes of at least 4 members (excludes halogenated alkanes) is 7. The molecule has 4 nitrogen and oxygen atoms in total. The van der Waals surface area contributed by atoms with Crippen LogP contribution in [0.25, 0.3) is 0 Å².